The number of benzene rings is 1. The summed E-state index contributed by atoms with van der Waals surface area (Å²) >= 11 is 5.90. The average molecular weight is 478 g/mol. The van der Waals surface area contributed by atoms with Crippen molar-refractivity contribution in [2.24, 2.45) is 7.05 Å². The lowest BCUT2D eigenvalue weighted by atomic mass is 10.3. The topological polar surface area (TPSA) is 104 Å². The SMILES string of the molecule is Cn1c(=O)n(CCCO)c(=O)c2c1nc(Oc1cc(F)cc(F)c1)n2Cc1ccc(Cl)cn1. The summed E-state index contributed by atoms with van der Waals surface area (Å²) in [6.07, 6.45) is 1.62. The van der Waals surface area contributed by atoms with Gasteiger partial charge in [0.15, 0.2) is 11.2 Å². The van der Waals surface area contributed by atoms with Crippen molar-refractivity contribution in [2.45, 2.75) is 19.5 Å². The van der Waals surface area contributed by atoms with E-state index in [9.17, 15) is 18.4 Å². The van der Waals surface area contributed by atoms with Crippen LogP contribution in [0.1, 0.15) is 12.1 Å². The van der Waals surface area contributed by atoms with E-state index in [4.69, 9.17) is 21.4 Å². The van der Waals surface area contributed by atoms with Gasteiger partial charge in [-0.1, -0.05) is 11.6 Å². The molecule has 0 saturated heterocycles. The van der Waals surface area contributed by atoms with E-state index in [1.54, 1.807) is 12.1 Å². The molecule has 3 aromatic heterocycles. The smallest absolute Gasteiger partial charge is 0.332 e. The van der Waals surface area contributed by atoms with E-state index >= 15 is 0 Å². The molecule has 4 aromatic rings. The summed E-state index contributed by atoms with van der Waals surface area (Å²) in [5.74, 6) is -1.89. The van der Waals surface area contributed by atoms with E-state index in [0.717, 1.165) is 16.7 Å². The maximum Gasteiger partial charge on any atom is 0.332 e. The molecule has 0 bridgehead atoms. The number of ether oxygens (including phenoxy) is 1. The minimum absolute atomic E-state index is 0.00571. The largest absolute Gasteiger partial charge is 0.425 e. The van der Waals surface area contributed by atoms with Crippen LogP contribution in [0.15, 0.2) is 46.1 Å². The fourth-order valence-electron chi connectivity index (χ4n) is 3.36. The highest BCUT2D eigenvalue weighted by molar-refractivity contribution is 6.30. The Morgan fingerprint density at radius 2 is 1.85 bits per heavy atom. The summed E-state index contributed by atoms with van der Waals surface area (Å²) in [7, 11) is 1.43. The van der Waals surface area contributed by atoms with Crippen molar-refractivity contribution in [1.82, 2.24) is 23.7 Å². The van der Waals surface area contributed by atoms with Crippen molar-refractivity contribution >= 4 is 22.8 Å². The molecule has 12 heteroatoms. The Bertz CT molecular complexity index is 1430. The second-order valence-electron chi connectivity index (χ2n) is 7.20. The number of aliphatic hydroxyl groups excluding tert-OH is 1. The molecule has 0 aliphatic rings. The lowest BCUT2D eigenvalue weighted by Gasteiger charge is -2.11. The third-order valence-electron chi connectivity index (χ3n) is 4.89. The number of pyridine rings is 1. The molecule has 0 radical (unpaired) electrons. The number of imidazole rings is 1. The minimum Gasteiger partial charge on any atom is -0.425 e. The molecule has 0 fully saturated rings. The van der Waals surface area contributed by atoms with Crippen LogP contribution >= 0.6 is 11.6 Å². The molecule has 0 amide bonds. The van der Waals surface area contributed by atoms with Crippen molar-refractivity contribution in [3.8, 4) is 11.8 Å². The van der Waals surface area contributed by atoms with Gasteiger partial charge in [-0.2, -0.15) is 4.98 Å². The number of fused-ring (bicyclic) bond motifs is 1. The highest BCUT2D eigenvalue weighted by Gasteiger charge is 2.22. The molecule has 0 atom stereocenters. The zero-order valence-corrected chi connectivity index (χ0v) is 18.1. The molecule has 1 N–H and O–H groups in total. The minimum atomic E-state index is -0.856. The third-order valence-corrected chi connectivity index (χ3v) is 5.11. The Labute approximate surface area is 190 Å². The lowest BCUT2D eigenvalue weighted by molar-refractivity contribution is 0.277. The highest BCUT2D eigenvalue weighted by atomic mass is 35.5. The average Bonchev–Trinajstić information content (AvgIpc) is 3.11. The quantitative estimate of drug-likeness (QED) is 0.438. The number of aliphatic hydroxyl groups is 1. The zero-order valence-electron chi connectivity index (χ0n) is 17.3. The first-order valence-electron chi connectivity index (χ1n) is 9.83. The fraction of sp³-hybridized carbons (Fsp3) is 0.238. The maximum atomic E-state index is 13.7. The lowest BCUT2D eigenvalue weighted by Crippen LogP contribution is -2.39. The van der Waals surface area contributed by atoms with Gasteiger partial charge in [0.1, 0.15) is 17.4 Å². The van der Waals surface area contributed by atoms with E-state index in [1.165, 1.54) is 22.4 Å². The van der Waals surface area contributed by atoms with Crippen LogP contribution in [0.5, 0.6) is 11.8 Å². The third kappa shape index (κ3) is 4.50. The van der Waals surface area contributed by atoms with Gasteiger partial charge in [-0.15, -0.1) is 0 Å². The van der Waals surface area contributed by atoms with Gasteiger partial charge in [-0.05, 0) is 18.6 Å². The van der Waals surface area contributed by atoms with Gasteiger partial charge in [-0.25, -0.2) is 13.6 Å². The number of aryl methyl sites for hydroxylation is 1. The molecule has 33 heavy (non-hydrogen) atoms. The molecule has 0 saturated carbocycles. The summed E-state index contributed by atoms with van der Waals surface area (Å²) in [5, 5.41) is 9.55. The molecule has 9 nitrogen and oxygen atoms in total. The number of hydrogen-bond acceptors (Lipinski definition) is 6. The van der Waals surface area contributed by atoms with Crippen LogP contribution in [0.25, 0.3) is 11.2 Å². The predicted molar refractivity (Wildman–Crippen MR) is 116 cm³/mol. The Hall–Kier alpha value is -3.57. The first kappa shape index (κ1) is 22.6. The normalized spacial score (nSPS) is 11.3. The van der Waals surface area contributed by atoms with E-state index in [2.05, 4.69) is 9.97 Å². The van der Waals surface area contributed by atoms with E-state index < -0.39 is 22.9 Å². The van der Waals surface area contributed by atoms with Crippen LogP contribution in [0.3, 0.4) is 0 Å². The molecule has 4 rings (SSSR count). The van der Waals surface area contributed by atoms with Gasteiger partial charge in [0, 0.05) is 44.6 Å². The Morgan fingerprint density at radius 3 is 2.48 bits per heavy atom. The molecule has 0 spiro atoms. The number of halogens is 3. The van der Waals surface area contributed by atoms with Crippen LogP contribution in [0.4, 0.5) is 8.78 Å². The van der Waals surface area contributed by atoms with Gasteiger partial charge in [-0.3, -0.25) is 23.5 Å². The first-order chi connectivity index (χ1) is 15.8. The molecule has 0 aliphatic carbocycles. The number of hydrogen-bond donors (Lipinski definition) is 1. The second kappa shape index (κ2) is 9.12. The number of aromatic nitrogens is 5. The van der Waals surface area contributed by atoms with Gasteiger partial charge in [0.25, 0.3) is 5.56 Å². The number of nitrogens with zero attached hydrogens (tertiary/aromatic N) is 5. The van der Waals surface area contributed by atoms with E-state index in [0.29, 0.717) is 16.8 Å². The maximum absolute atomic E-state index is 13.7. The van der Waals surface area contributed by atoms with E-state index in [-0.39, 0.29) is 49.0 Å². The molecule has 3 heterocycles. The molecule has 0 unspecified atom stereocenters. The molecule has 0 aliphatic heterocycles. The molecular formula is C21H18ClF2N5O4. The van der Waals surface area contributed by atoms with Crippen molar-refractivity contribution in [1.29, 1.82) is 0 Å². The standard InChI is InChI=1S/C21H18ClF2N5O4/c1-27-18-17(19(31)28(21(27)32)5-2-6-30)29(11-15-4-3-12(22)10-25-15)20(26-18)33-16-8-13(23)7-14(24)9-16/h3-4,7-10,30H,2,5-6,11H2,1H3. The molecule has 172 valence electrons. The van der Waals surface area contributed by atoms with Gasteiger partial charge >= 0.3 is 11.7 Å². The predicted octanol–water partition coefficient (Wildman–Crippen LogP) is 2.45. The van der Waals surface area contributed by atoms with Crippen LogP contribution in [0.2, 0.25) is 5.02 Å². The summed E-state index contributed by atoms with van der Waals surface area (Å²) in [5.41, 5.74) is -0.740. The van der Waals surface area contributed by atoms with Gasteiger partial charge in [0.05, 0.1) is 17.3 Å². The number of rotatable bonds is 7. The van der Waals surface area contributed by atoms with E-state index in [1.807, 2.05) is 0 Å². The van der Waals surface area contributed by atoms with Gasteiger partial charge in [0.2, 0.25) is 0 Å². The summed E-state index contributed by atoms with van der Waals surface area (Å²) < 4.78 is 36.5. The first-order valence-corrected chi connectivity index (χ1v) is 10.2. The molecular weight excluding hydrogens is 460 g/mol. The van der Waals surface area contributed by atoms with Crippen LogP contribution in [0, 0.1) is 11.6 Å². The highest BCUT2D eigenvalue weighted by Crippen LogP contribution is 2.26. The second-order valence-corrected chi connectivity index (χ2v) is 7.64. The van der Waals surface area contributed by atoms with Gasteiger partial charge < -0.3 is 9.84 Å². The summed E-state index contributed by atoms with van der Waals surface area (Å²) in [6, 6.07) is 5.69. The van der Waals surface area contributed by atoms with Crippen molar-refractivity contribution in [3.63, 3.8) is 0 Å². The zero-order chi connectivity index (χ0) is 23.7. The Morgan fingerprint density at radius 1 is 1.12 bits per heavy atom. The Kier molecular flexibility index (Phi) is 6.25. The molecule has 1 aromatic carbocycles. The monoisotopic (exact) mass is 477 g/mol. The summed E-state index contributed by atoms with van der Waals surface area (Å²) in [6.45, 7) is -0.219. The Balaban J connectivity index is 1.94. The fourth-order valence-corrected chi connectivity index (χ4v) is 3.47. The summed E-state index contributed by atoms with van der Waals surface area (Å²) in [4.78, 5) is 34.4. The van der Waals surface area contributed by atoms with Crippen LogP contribution in [-0.2, 0) is 20.1 Å². The van der Waals surface area contributed by atoms with Crippen LogP contribution in [-0.4, -0.2) is 35.4 Å². The van der Waals surface area contributed by atoms with Crippen LogP contribution < -0.4 is 16.0 Å². The van der Waals surface area contributed by atoms with Crippen molar-refractivity contribution in [3.05, 3.63) is 79.7 Å². The van der Waals surface area contributed by atoms with Crippen molar-refractivity contribution < 1.29 is 18.6 Å². The van der Waals surface area contributed by atoms with Crippen molar-refractivity contribution in [2.75, 3.05) is 6.61 Å².